The zero-order valence-corrected chi connectivity index (χ0v) is 13.7. The first-order chi connectivity index (χ1) is 11.9. The number of hydrogen-bond acceptors (Lipinski definition) is 0. The SMILES string of the molecule is C1=CCC(CCC2c3ccccc3-c3c2ccc2ccccc32)=C1. The van der Waals surface area contributed by atoms with Gasteiger partial charge in [0.15, 0.2) is 0 Å². The van der Waals surface area contributed by atoms with Crippen molar-refractivity contribution >= 4 is 10.8 Å². The molecule has 0 fully saturated rings. The molecule has 0 aromatic heterocycles. The number of rotatable bonds is 3. The quantitative estimate of drug-likeness (QED) is 0.510. The third kappa shape index (κ3) is 2.06. The third-order valence-electron chi connectivity index (χ3n) is 5.54. The zero-order valence-electron chi connectivity index (χ0n) is 13.7. The van der Waals surface area contributed by atoms with E-state index in [1.807, 2.05) is 0 Å². The Kier molecular flexibility index (Phi) is 3.16. The molecular weight excluding hydrogens is 288 g/mol. The highest BCUT2D eigenvalue weighted by molar-refractivity contribution is 6.01. The van der Waals surface area contributed by atoms with Crippen molar-refractivity contribution in [3.63, 3.8) is 0 Å². The lowest BCUT2D eigenvalue weighted by Gasteiger charge is -2.14. The smallest absolute Gasteiger partial charge is 0.0105 e. The first-order valence-corrected chi connectivity index (χ1v) is 8.87. The summed E-state index contributed by atoms with van der Waals surface area (Å²) in [5.41, 5.74) is 7.50. The zero-order chi connectivity index (χ0) is 15.9. The van der Waals surface area contributed by atoms with E-state index < -0.39 is 0 Å². The lowest BCUT2D eigenvalue weighted by Crippen LogP contribution is -1.97. The molecule has 0 heterocycles. The summed E-state index contributed by atoms with van der Waals surface area (Å²) in [7, 11) is 0. The molecule has 1 atom stereocenters. The van der Waals surface area contributed by atoms with Gasteiger partial charge in [0, 0.05) is 5.92 Å². The topological polar surface area (TPSA) is 0 Å². The summed E-state index contributed by atoms with van der Waals surface area (Å²) in [4.78, 5) is 0. The van der Waals surface area contributed by atoms with Gasteiger partial charge in [0.05, 0.1) is 0 Å². The molecule has 0 radical (unpaired) electrons. The van der Waals surface area contributed by atoms with Crippen molar-refractivity contribution in [2.45, 2.75) is 25.2 Å². The molecular formula is C24H20. The van der Waals surface area contributed by atoms with Crippen molar-refractivity contribution in [2.75, 3.05) is 0 Å². The molecule has 0 amide bonds. The highest BCUT2D eigenvalue weighted by atomic mass is 14.3. The average molecular weight is 308 g/mol. The minimum atomic E-state index is 0.530. The van der Waals surface area contributed by atoms with Crippen molar-refractivity contribution in [2.24, 2.45) is 0 Å². The molecule has 116 valence electrons. The van der Waals surface area contributed by atoms with Crippen LogP contribution in [-0.4, -0.2) is 0 Å². The van der Waals surface area contributed by atoms with Crippen LogP contribution >= 0.6 is 0 Å². The van der Waals surface area contributed by atoms with Crippen LogP contribution in [0.1, 0.15) is 36.3 Å². The summed E-state index contributed by atoms with van der Waals surface area (Å²) in [5.74, 6) is 0.530. The van der Waals surface area contributed by atoms with Crippen LogP contribution in [0.5, 0.6) is 0 Å². The summed E-state index contributed by atoms with van der Waals surface area (Å²) >= 11 is 0. The van der Waals surface area contributed by atoms with Crippen molar-refractivity contribution in [1.82, 2.24) is 0 Å². The Morgan fingerprint density at radius 2 is 1.71 bits per heavy atom. The number of hydrogen-bond donors (Lipinski definition) is 0. The maximum atomic E-state index is 2.36. The van der Waals surface area contributed by atoms with Gasteiger partial charge in [-0.1, -0.05) is 84.5 Å². The molecule has 3 aromatic rings. The van der Waals surface area contributed by atoms with Crippen molar-refractivity contribution in [1.29, 1.82) is 0 Å². The van der Waals surface area contributed by atoms with E-state index in [0.717, 1.165) is 6.42 Å². The molecule has 0 heteroatoms. The van der Waals surface area contributed by atoms with Crippen molar-refractivity contribution in [3.8, 4) is 11.1 Å². The fourth-order valence-electron chi connectivity index (χ4n) is 4.39. The predicted octanol–water partition coefficient (Wildman–Crippen LogP) is 6.62. The first-order valence-electron chi connectivity index (χ1n) is 8.87. The molecule has 2 aliphatic rings. The van der Waals surface area contributed by atoms with Gasteiger partial charge in [0.25, 0.3) is 0 Å². The summed E-state index contributed by atoms with van der Waals surface area (Å²) < 4.78 is 0. The standard InChI is InChI=1S/C24H20/c1-2-8-17(7-1)13-15-21-20-11-5-6-12-22(20)24-19-10-4-3-9-18(19)14-16-23(21)24/h1-7,9-12,14,16,21H,8,13,15H2. The summed E-state index contributed by atoms with van der Waals surface area (Å²) in [5, 5.41) is 2.74. The van der Waals surface area contributed by atoms with E-state index in [4.69, 9.17) is 0 Å². The van der Waals surface area contributed by atoms with Gasteiger partial charge in [-0.15, -0.1) is 0 Å². The fourth-order valence-corrected chi connectivity index (χ4v) is 4.39. The highest BCUT2D eigenvalue weighted by Gasteiger charge is 2.29. The molecule has 0 aliphatic heterocycles. The van der Waals surface area contributed by atoms with Crippen LogP contribution in [0, 0.1) is 0 Å². The Morgan fingerprint density at radius 1 is 0.833 bits per heavy atom. The Labute approximate surface area is 143 Å². The number of allylic oxidation sites excluding steroid dienone is 4. The van der Waals surface area contributed by atoms with Gasteiger partial charge >= 0.3 is 0 Å². The molecule has 3 aromatic carbocycles. The molecule has 1 unspecified atom stereocenters. The van der Waals surface area contributed by atoms with E-state index in [1.165, 1.54) is 45.9 Å². The third-order valence-corrected chi connectivity index (χ3v) is 5.54. The molecule has 0 nitrogen and oxygen atoms in total. The van der Waals surface area contributed by atoms with Gasteiger partial charge in [0.2, 0.25) is 0 Å². The van der Waals surface area contributed by atoms with Crippen LogP contribution in [0.25, 0.3) is 21.9 Å². The molecule has 0 bridgehead atoms. The maximum absolute atomic E-state index is 2.36. The number of benzene rings is 3. The van der Waals surface area contributed by atoms with Crippen molar-refractivity contribution < 1.29 is 0 Å². The van der Waals surface area contributed by atoms with E-state index in [9.17, 15) is 0 Å². The highest BCUT2D eigenvalue weighted by Crippen LogP contribution is 2.49. The van der Waals surface area contributed by atoms with E-state index in [-0.39, 0.29) is 0 Å². The van der Waals surface area contributed by atoms with Crippen LogP contribution in [-0.2, 0) is 0 Å². The minimum Gasteiger partial charge on any atom is -0.0805 e. The van der Waals surface area contributed by atoms with Gasteiger partial charge in [-0.25, -0.2) is 0 Å². The number of fused-ring (bicyclic) bond motifs is 5. The Hall–Kier alpha value is -2.60. The van der Waals surface area contributed by atoms with Crippen LogP contribution < -0.4 is 0 Å². The normalized spacial score (nSPS) is 17.8. The lowest BCUT2D eigenvalue weighted by atomic mass is 9.89. The first kappa shape index (κ1) is 13.8. The predicted molar refractivity (Wildman–Crippen MR) is 102 cm³/mol. The molecule has 2 aliphatic carbocycles. The van der Waals surface area contributed by atoms with Crippen LogP contribution in [0.15, 0.2) is 84.5 Å². The van der Waals surface area contributed by atoms with Crippen molar-refractivity contribution in [3.05, 3.63) is 95.6 Å². The fraction of sp³-hybridized carbons (Fsp3) is 0.167. The maximum Gasteiger partial charge on any atom is 0.0105 e. The summed E-state index contributed by atoms with van der Waals surface area (Å²) in [6.07, 6.45) is 10.3. The molecule has 0 spiro atoms. The molecule has 0 N–H and O–H groups in total. The Balaban J connectivity index is 1.64. The second-order valence-corrected chi connectivity index (χ2v) is 6.89. The summed E-state index contributed by atoms with van der Waals surface area (Å²) in [6, 6.07) is 22.4. The minimum absolute atomic E-state index is 0.530. The Morgan fingerprint density at radius 3 is 2.62 bits per heavy atom. The second-order valence-electron chi connectivity index (χ2n) is 6.89. The van der Waals surface area contributed by atoms with E-state index in [2.05, 4.69) is 78.9 Å². The molecule has 24 heavy (non-hydrogen) atoms. The van der Waals surface area contributed by atoms with Crippen LogP contribution in [0.2, 0.25) is 0 Å². The van der Waals surface area contributed by atoms with E-state index in [1.54, 1.807) is 5.57 Å². The summed E-state index contributed by atoms with van der Waals surface area (Å²) in [6.45, 7) is 0. The van der Waals surface area contributed by atoms with Gasteiger partial charge in [-0.05, 0) is 52.3 Å². The van der Waals surface area contributed by atoms with Gasteiger partial charge in [-0.2, -0.15) is 0 Å². The van der Waals surface area contributed by atoms with Gasteiger partial charge < -0.3 is 0 Å². The lowest BCUT2D eigenvalue weighted by molar-refractivity contribution is 0.719. The molecule has 0 saturated heterocycles. The van der Waals surface area contributed by atoms with Crippen LogP contribution in [0.3, 0.4) is 0 Å². The van der Waals surface area contributed by atoms with E-state index >= 15 is 0 Å². The second kappa shape index (κ2) is 5.49. The average Bonchev–Trinajstić information content (AvgIpc) is 3.26. The molecule has 5 rings (SSSR count). The van der Waals surface area contributed by atoms with E-state index in [0.29, 0.717) is 5.92 Å². The monoisotopic (exact) mass is 308 g/mol. The van der Waals surface area contributed by atoms with Gasteiger partial charge in [0.1, 0.15) is 0 Å². The van der Waals surface area contributed by atoms with Gasteiger partial charge in [-0.3, -0.25) is 0 Å². The van der Waals surface area contributed by atoms with Crippen LogP contribution in [0.4, 0.5) is 0 Å². The Bertz CT molecular complexity index is 988. The largest absolute Gasteiger partial charge is 0.0805 e. The molecule has 0 saturated carbocycles.